The smallest absolute Gasteiger partial charge is 0.192 e. The summed E-state index contributed by atoms with van der Waals surface area (Å²) in [5, 5.41) is 15.7. The van der Waals surface area contributed by atoms with Crippen molar-refractivity contribution < 1.29 is 4.74 Å². The average molecular weight is 379 g/mol. The molecule has 2 rings (SSSR count). The van der Waals surface area contributed by atoms with E-state index >= 15 is 0 Å². The van der Waals surface area contributed by atoms with Crippen LogP contribution in [0.5, 0.6) is 0 Å². The Morgan fingerprint density at radius 2 is 2.04 bits per heavy atom. The van der Waals surface area contributed by atoms with Gasteiger partial charge in [-0.1, -0.05) is 23.7 Å². The van der Waals surface area contributed by atoms with Crippen molar-refractivity contribution in [2.24, 2.45) is 12.0 Å². The van der Waals surface area contributed by atoms with Gasteiger partial charge in [0.05, 0.1) is 6.04 Å². The topological polar surface area (TPSA) is 76.4 Å². The molecule has 8 heteroatoms. The molecule has 2 N–H and O–H groups in total. The van der Waals surface area contributed by atoms with E-state index in [0.717, 1.165) is 41.2 Å². The monoisotopic (exact) mass is 378 g/mol. The Kier molecular flexibility index (Phi) is 7.87. The number of methoxy groups -OCH3 is 1. The quantitative estimate of drug-likeness (QED) is 0.419. The van der Waals surface area contributed by atoms with Crippen molar-refractivity contribution in [1.29, 1.82) is 0 Å². The molecule has 1 aromatic heterocycles. The Bertz CT molecular complexity index is 713. The lowest BCUT2D eigenvalue weighted by Crippen LogP contribution is -2.39. The average Bonchev–Trinajstić information content (AvgIpc) is 2.95. The number of aromatic nitrogens is 3. The lowest BCUT2D eigenvalue weighted by molar-refractivity contribution is 0.195. The zero-order valence-electron chi connectivity index (χ0n) is 15.8. The number of ether oxygens (including phenoxy) is 1. The van der Waals surface area contributed by atoms with E-state index in [9.17, 15) is 0 Å². The van der Waals surface area contributed by atoms with Crippen molar-refractivity contribution in [3.8, 4) is 0 Å². The predicted octanol–water partition coefficient (Wildman–Crippen LogP) is 2.61. The summed E-state index contributed by atoms with van der Waals surface area (Å²) in [5.41, 5.74) is 1.13. The molecule has 142 valence electrons. The van der Waals surface area contributed by atoms with Gasteiger partial charge in [-0.25, -0.2) is 4.99 Å². The van der Waals surface area contributed by atoms with Crippen molar-refractivity contribution in [2.45, 2.75) is 32.9 Å². The van der Waals surface area contributed by atoms with Gasteiger partial charge in [-0.15, -0.1) is 10.2 Å². The number of nitrogens with zero attached hydrogens (tertiary/aromatic N) is 4. The molecule has 0 bridgehead atoms. The van der Waals surface area contributed by atoms with Crippen LogP contribution in [0.2, 0.25) is 5.02 Å². The van der Waals surface area contributed by atoms with Gasteiger partial charge in [-0.2, -0.15) is 0 Å². The third kappa shape index (κ3) is 6.00. The predicted molar refractivity (Wildman–Crippen MR) is 104 cm³/mol. The molecule has 26 heavy (non-hydrogen) atoms. The molecule has 1 atom stereocenters. The van der Waals surface area contributed by atoms with Crippen molar-refractivity contribution in [2.75, 3.05) is 20.3 Å². The van der Waals surface area contributed by atoms with Crippen LogP contribution >= 0.6 is 11.6 Å². The first-order chi connectivity index (χ1) is 12.5. The number of guanidine groups is 1. The van der Waals surface area contributed by atoms with Crippen LogP contribution in [0.25, 0.3) is 0 Å². The molecule has 0 aliphatic heterocycles. The summed E-state index contributed by atoms with van der Waals surface area (Å²) in [5.74, 6) is 2.41. The van der Waals surface area contributed by atoms with Gasteiger partial charge in [0.15, 0.2) is 11.8 Å². The first-order valence-corrected chi connectivity index (χ1v) is 9.03. The van der Waals surface area contributed by atoms with Crippen molar-refractivity contribution in [1.82, 2.24) is 25.4 Å². The molecular weight excluding hydrogens is 352 g/mol. The highest BCUT2D eigenvalue weighted by Crippen LogP contribution is 2.15. The normalized spacial score (nSPS) is 12.9. The molecule has 1 unspecified atom stereocenters. The van der Waals surface area contributed by atoms with Crippen molar-refractivity contribution in [3.63, 3.8) is 0 Å². The minimum absolute atomic E-state index is 0.0853. The van der Waals surface area contributed by atoms with Gasteiger partial charge < -0.3 is 19.9 Å². The maximum Gasteiger partial charge on any atom is 0.192 e. The molecule has 1 heterocycles. The molecule has 1 aromatic carbocycles. The molecule has 0 aliphatic rings. The van der Waals surface area contributed by atoms with Crippen LogP contribution in [0.15, 0.2) is 29.3 Å². The van der Waals surface area contributed by atoms with Gasteiger partial charge in [0, 0.05) is 32.3 Å². The van der Waals surface area contributed by atoms with E-state index in [-0.39, 0.29) is 6.04 Å². The molecule has 2 aromatic rings. The van der Waals surface area contributed by atoms with Crippen LogP contribution in [-0.2, 0) is 18.3 Å². The van der Waals surface area contributed by atoms with E-state index < -0.39 is 0 Å². The molecule has 7 nitrogen and oxygen atoms in total. The van der Waals surface area contributed by atoms with Crippen LogP contribution in [0.4, 0.5) is 0 Å². The van der Waals surface area contributed by atoms with Gasteiger partial charge in [0.25, 0.3) is 0 Å². The Labute approximate surface area is 159 Å². The van der Waals surface area contributed by atoms with Gasteiger partial charge in [-0.3, -0.25) is 0 Å². The fourth-order valence-electron chi connectivity index (χ4n) is 2.35. The fourth-order valence-corrected chi connectivity index (χ4v) is 2.48. The number of halogens is 1. The number of rotatable bonds is 8. The summed E-state index contributed by atoms with van der Waals surface area (Å²) in [6.07, 6.45) is 0.898. The first-order valence-electron chi connectivity index (χ1n) is 8.65. The molecule has 0 saturated carbocycles. The van der Waals surface area contributed by atoms with E-state index in [1.807, 2.05) is 42.8 Å². The first kappa shape index (κ1) is 20.2. The Balaban J connectivity index is 2.05. The number of hydrogen-bond acceptors (Lipinski definition) is 4. The highest BCUT2D eigenvalue weighted by Gasteiger charge is 2.09. The van der Waals surface area contributed by atoms with Gasteiger partial charge in [-0.05, 0) is 38.0 Å². The van der Waals surface area contributed by atoms with Gasteiger partial charge in [0.1, 0.15) is 12.4 Å². The SMILES string of the molecule is COCCCNC(=NCc1nnc(C)n1C)NC(C)c1ccc(Cl)cc1. The largest absolute Gasteiger partial charge is 0.385 e. The van der Waals surface area contributed by atoms with Gasteiger partial charge >= 0.3 is 0 Å². The lowest BCUT2D eigenvalue weighted by Gasteiger charge is -2.19. The summed E-state index contributed by atoms with van der Waals surface area (Å²) >= 11 is 5.97. The number of nitrogens with one attached hydrogen (secondary N) is 2. The minimum Gasteiger partial charge on any atom is -0.385 e. The second-order valence-electron chi connectivity index (χ2n) is 6.08. The maximum atomic E-state index is 5.97. The summed E-state index contributed by atoms with van der Waals surface area (Å²) in [6, 6.07) is 7.88. The zero-order chi connectivity index (χ0) is 18.9. The molecule has 0 saturated heterocycles. The van der Waals surface area contributed by atoms with Crippen LogP contribution in [0.1, 0.15) is 36.6 Å². The van der Waals surface area contributed by atoms with E-state index in [1.54, 1.807) is 7.11 Å². The fraction of sp³-hybridized carbons (Fsp3) is 0.500. The second-order valence-corrected chi connectivity index (χ2v) is 6.51. The molecular formula is C18H27ClN6O. The number of benzene rings is 1. The summed E-state index contributed by atoms with van der Waals surface area (Å²) in [4.78, 5) is 4.65. The number of aliphatic imine (C=N–C) groups is 1. The highest BCUT2D eigenvalue weighted by molar-refractivity contribution is 6.30. The second kappa shape index (κ2) is 10.1. The number of aryl methyl sites for hydroxylation is 1. The third-order valence-electron chi connectivity index (χ3n) is 4.10. The lowest BCUT2D eigenvalue weighted by atomic mass is 10.1. The molecule has 0 radical (unpaired) electrons. The highest BCUT2D eigenvalue weighted by atomic mass is 35.5. The summed E-state index contributed by atoms with van der Waals surface area (Å²) in [6.45, 7) is 5.93. The minimum atomic E-state index is 0.0853. The van der Waals surface area contributed by atoms with Crippen LogP contribution in [0, 0.1) is 6.92 Å². The molecule has 0 aliphatic carbocycles. The van der Waals surface area contributed by atoms with Crippen molar-refractivity contribution >= 4 is 17.6 Å². The Morgan fingerprint density at radius 3 is 2.65 bits per heavy atom. The Morgan fingerprint density at radius 1 is 1.31 bits per heavy atom. The molecule has 0 amide bonds. The molecule has 0 spiro atoms. The third-order valence-corrected chi connectivity index (χ3v) is 4.35. The van der Waals surface area contributed by atoms with Crippen LogP contribution in [-0.4, -0.2) is 41.0 Å². The molecule has 0 fully saturated rings. The van der Waals surface area contributed by atoms with E-state index in [4.69, 9.17) is 16.3 Å². The maximum absolute atomic E-state index is 5.97. The van der Waals surface area contributed by atoms with E-state index in [0.29, 0.717) is 13.2 Å². The number of hydrogen-bond donors (Lipinski definition) is 2. The standard InChI is InChI=1S/C18H27ClN6O/c1-13(15-6-8-16(19)9-7-15)22-18(20-10-5-11-26-4)21-12-17-24-23-14(2)25(17)3/h6-9,13H,5,10-12H2,1-4H3,(H2,20,21,22). The summed E-state index contributed by atoms with van der Waals surface area (Å²) < 4.78 is 7.04. The van der Waals surface area contributed by atoms with E-state index in [2.05, 4.69) is 32.7 Å². The van der Waals surface area contributed by atoms with E-state index in [1.165, 1.54) is 0 Å². The summed E-state index contributed by atoms with van der Waals surface area (Å²) in [7, 11) is 3.64. The van der Waals surface area contributed by atoms with Crippen molar-refractivity contribution in [3.05, 3.63) is 46.5 Å². The van der Waals surface area contributed by atoms with Gasteiger partial charge in [0.2, 0.25) is 0 Å². The van der Waals surface area contributed by atoms with Crippen LogP contribution in [0.3, 0.4) is 0 Å². The zero-order valence-corrected chi connectivity index (χ0v) is 16.5. The Hall–Kier alpha value is -2.12. The van der Waals surface area contributed by atoms with Crippen LogP contribution < -0.4 is 10.6 Å².